The number of halogens is 1. The number of likely N-dealkylation sites (tertiary alicyclic amines) is 1. The van der Waals surface area contributed by atoms with Gasteiger partial charge in [0.25, 0.3) is 0 Å². The Bertz CT molecular complexity index is 99.7. The molecule has 0 aromatic rings. The average molecular weight is 159 g/mol. The van der Waals surface area contributed by atoms with Crippen LogP contribution in [-0.4, -0.2) is 24.3 Å². The molecule has 0 bridgehead atoms. The molecule has 1 heterocycles. The summed E-state index contributed by atoms with van der Waals surface area (Å²) < 4.78 is 13.2. The Morgan fingerprint density at radius 3 is 2.45 bits per heavy atom. The molecule has 1 aliphatic rings. The lowest BCUT2D eigenvalue weighted by Gasteiger charge is -2.29. The minimum absolute atomic E-state index is 0.666. The Morgan fingerprint density at radius 2 is 1.91 bits per heavy atom. The van der Waals surface area contributed by atoms with E-state index in [1.165, 1.54) is 19.3 Å². The first-order valence-electron chi connectivity index (χ1n) is 4.72. The molecule has 1 saturated heterocycles. The zero-order chi connectivity index (χ0) is 8.10. The van der Waals surface area contributed by atoms with Gasteiger partial charge >= 0.3 is 0 Å². The van der Waals surface area contributed by atoms with Gasteiger partial charge in [-0.2, -0.15) is 0 Å². The van der Waals surface area contributed by atoms with Gasteiger partial charge in [0.1, 0.15) is 0 Å². The normalized spacial score (nSPS) is 23.5. The minimum atomic E-state index is -0.666. The van der Waals surface area contributed by atoms with E-state index in [2.05, 4.69) is 0 Å². The van der Waals surface area contributed by atoms with Gasteiger partial charge in [0, 0.05) is 13.1 Å². The predicted octanol–water partition coefficient (Wildman–Crippen LogP) is 2.57. The predicted molar refractivity (Wildman–Crippen MR) is 45.2 cm³/mol. The van der Waals surface area contributed by atoms with E-state index in [0.29, 0.717) is 6.42 Å². The Hall–Kier alpha value is -0.110. The molecule has 0 amide bonds. The molecule has 0 aromatic heterocycles. The summed E-state index contributed by atoms with van der Waals surface area (Å²) in [5.74, 6) is 0. The highest BCUT2D eigenvalue weighted by Gasteiger charge is 2.18. The summed E-state index contributed by atoms with van der Waals surface area (Å²) >= 11 is 0. The van der Waals surface area contributed by atoms with Gasteiger partial charge in [0.15, 0.2) is 6.30 Å². The van der Waals surface area contributed by atoms with Crippen LogP contribution in [0.5, 0.6) is 0 Å². The van der Waals surface area contributed by atoms with Gasteiger partial charge in [-0.3, -0.25) is 4.90 Å². The summed E-state index contributed by atoms with van der Waals surface area (Å²) in [7, 11) is 0. The lowest BCUT2D eigenvalue weighted by atomic mass is 10.1. The third-order valence-electron chi connectivity index (χ3n) is 2.31. The lowest BCUT2D eigenvalue weighted by molar-refractivity contribution is 0.0568. The molecule has 1 rings (SSSR count). The van der Waals surface area contributed by atoms with Crippen molar-refractivity contribution in [3.63, 3.8) is 0 Å². The number of rotatable bonds is 3. The second kappa shape index (κ2) is 4.70. The van der Waals surface area contributed by atoms with Crippen molar-refractivity contribution in [1.82, 2.24) is 4.90 Å². The molecule has 1 atom stereocenters. The topological polar surface area (TPSA) is 3.24 Å². The summed E-state index contributed by atoms with van der Waals surface area (Å²) in [4.78, 5) is 1.98. The van der Waals surface area contributed by atoms with Gasteiger partial charge < -0.3 is 0 Å². The maximum Gasteiger partial charge on any atom is 0.153 e. The summed E-state index contributed by atoms with van der Waals surface area (Å²) in [5, 5.41) is 0. The van der Waals surface area contributed by atoms with E-state index < -0.39 is 6.30 Å². The molecule has 0 N–H and O–H groups in total. The van der Waals surface area contributed by atoms with Crippen LogP contribution in [0.25, 0.3) is 0 Å². The summed E-state index contributed by atoms with van der Waals surface area (Å²) in [6, 6.07) is 0. The maximum absolute atomic E-state index is 13.2. The largest absolute Gasteiger partial charge is 0.274 e. The molecule has 1 unspecified atom stereocenters. The van der Waals surface area contributed by atoms with Crippen molar-refractivity contribution in [2.75, 3.05) is 13.1 Å². The van der Waals surface area contributed by atoms with E-state index in [4.69, 9.17) is 0 Å². The molecule has 0 radical (unpaired) electrons. The molecule has 0 saturated carbocycles. The number of hydrogen-bond acceptors (Lipinski definition) is 1. The zero-order valence-corrected chi connectivity index (χ0v) is 7.35. The van der Waals surface area contributed by atoms with Crippen molar-refractivity contribution in [3.05, 3.63) is 0 Å². The van der Waals surface area contributed by atoms with Crippen molar-refractivity contribution < 1.29 is 4.39 Å². The van der Waals surface area contributed by atoms with E-state index in [1.54, 1.807) is 0 Å². The number of nitrogens with zero attached hydrogens (tertiary/aromatic N) is 1. The Morgan fingerprint density at radius 1 is 1.27 bits per heavy atom. The lowest BCUT2D eigenvalue weighted by Crippen LogP contribution is -2.36. The monoisotopic (exact) mass is 159 g/mol. The molecular weight excluding hydrogens is 141 g/mol. The van der Waals surface area contributed by atoms with Crippen LogP contribution in [0.4, 0.5) is 4.39 Å². The third-order valence-corrected chi connectivity index (χ3v) is 2.31. The van der Waals surface area contributed by atoms with Gasteiger partial charge in [0.05, 0.1) is 0 Å². The molecule has 0 spiro atoms. The van der Waals surface area contributed by atoms with E-state index >= 15 is 0 Å². The van der Waals surface area contributed by atoms with E-state index in [1.807, 2.05) is 11.8 Å². The van der Waals surface area contributed by atoms with Crippen LogP contribution < -0.4 is 0 Å². The van der Waals surface area contributed by atoms with E-state index in [9.17, 15) is 4.39 Å². The fraction of sp³-hybridized carbons (Fsp3) is 1.00. The molecule has 0 aromatic carbocycles. The van der Waals surface area contributed by atoms with Crippen LogP contribution in [0.2, 0.25) is 0 Å². The molecule has 1 fully saturated rings. The van der Waals surface area contributed by atoms with Gasteiger partial charge in [-0.25, -0.2) is 4.39 Å². The van der Waals surface area contributed by atoms with Crippen LogP contribution in [-0.2, 0) is 0 Å². The van der Waals surface area contributed by atoms with Gasteiger partial charge in [-0.1, -0.05) is 19.8 Å². The van der Waals surface area contributed by atoms with Gasteiger partial charge in [-0.15, -0.1) is 0 Å². The SMILES string of the molecule is CCCC(F)N1CCCCC1. The maximum atomic E-state index is 13.2. The number of alkyl halides is 1. The van der Waals surface area contributed by atoms with Crippen LogP contribution in [0.3, 0.4) is 0 Å². The highest BCUT2D eigenvalue weighted by atomic mass is 19.1. The second-order valence-electron chi connectivity index (χ2n) is 3.32. The first-order valence-corrected chi connectivity index (χ1v) is 4.72. The van der Waals surface area contributed by atoms with Crippen molar-refractivity contribution in [2.24, 2.45) is 0 Å². The molecule has 1 aliphatic heterocycles. The van der Waals surface area contributed by atoms with E-state index in [0.717, 1.165) is 19.5 Å². The Labute approximate surface area is 68.6 Å². The fourth-order valence-electron chi connectivity index (χ4n) is 1.62. The van der Waals surface area contributed by atoms with Crippen LogP contribution >= 0.6 is 0 Å². The molecular formula is C9H18FN. The fourth-order valence-corrected chi connectivity index (χ4v) is 1.62. The molecule has 1 nitrogen and oxygen atoms in total. The third kappa shape index (κ3) is 2.78. The second-order valence-corrected chi connectivity index (χ2v) is 3.32. The van der Waals surface area contributed by atoms with Crippen molar-refractivity contribution in [3.8, 4) is 0 Å². The van der Waals surface area contributed by atoms with Crippen molar-refractivity contribution in [2.45, 2.75) is 45.3 Å². The first kappa shape index (κ1) is 8.98. The number of hydrogen-bond donors (Lipinski definition) is 0. The summed E-state index contributed by atoms with van der Waals surface area (Å²) in [6.45, 7) is 3.98. The molecule has 2 heteroatoms. The van der Waals surface area contributed by atoms with Gasteiger partial charge in [0.2, 0.25) is 0 Å². The van der Waals surface area contributed by atoms with Crippen molar-refractivity contribution >= 4 is 0 Å². The van der Waals surface area contributed by atoms with Crippen LogP contribution in [0, 0.1) is 0 Å². The van der Waals surface area contributed by atoms with E-state index in [-0.39, 0.29) is 0 Å². The van der Waals surface area contributed by atoms with Crippen LogP contribution in [0.1, 0.15) is 39.0 Å². The van der Waals surface area contributed by atoms with Crippen molar-refractivity contribution in [1.29, 1.82) is 0 Å². The van der Waals surface area contributed by atoms with Crippen LogP contribution in [0.15, 0.2) is 0 Å². The zero-order valence-electron chi connectivity index (χ0n) is 7.35. The minimum Gasteiger partial charge on any atom is -0.274 e. The molecule has 0 aliphatic carbocycles. The Kier molecular flexibility index (Phi) is 3.84. The highest BCUT2D eigenvalue weighted by Crippen LogP contribution is 2.15. The number of piperidine rings is 1. The smallest absolute Gasteiger partial charge is 0.153 e. The van der Waals surface area contributed by atoms with Gasteiger partial charge in [-0.05, 0) is 19.3 Å². The molecule has 11 heavy (non-hydrogen) atoms. The molecule has 66 valence electrons. The first-order chi connectivity index (χ1) is 5.34. The highest BCUT2D eigenvalue weighted by molar-refractivity contribution is 4.67. The summed E-state index contributed by atoms with van der Waals surface area (Å²) in [5.41, 5.74) is 0. The summed E-state index contributed by atoms with van der Waals surface area (Å²) in [6.07, 6.45) is 4.65. The average Bonchev–Trinajstić information content (AvgIpc) is 2.07. The Balaban J connectivity index is 2.21. The standard InChI is InChI=1S/C9H18FN/c1-2-6-9(10)11-7-4-3-5-8-11/h9H,2-8H2,1H3. The quantitative estimate of drug-likeness (QED) is 0.572.